The van der Waals surface area contributed by atoms with Crippen LogP contribution in [0.3, 0.4) is 0 Å². The SMILES string of the molecule is CCN(Cc1ccc(Cl)s1)C(=O)CSCC(=O)Nc1ccc(F)cc1. The van der Waals surface area contributed by atoms with E-state index in [-0.39, 0.29) is 29.1 Å². The number of nitrogens with zero attached hydrogens (tertiary/aromatic N) is 1. The summed E-state index contributed by atoms with van der Waals surface area (Å²) < 4.78 is 13.5. The largest absolute Gasteiger partial charge is 0.337 e. The number of thiophene rings is 1. The van der Waals surface area contributed by atoms with Gasteiger partial charge >= 0.3 is 0 Å². The molecule has 1 heterocycles. The molecule has 2 amide bonds. The minimum Gasteiger partial charge on any atom is -0.337 e. The van der Waals surface area contributed by atoms with E-state index in [1.54, 1.807) is 4.90 Å². The van der Waals surface area contributed by atoms with Gasteiger partial charge in [-0.3, -0.25) is 9.59 Å². The Morgan fingerprint density at radius 2 is 1.92 bits per heavy atom. The third-order valence-electron chi connectivity index (χ3n) is 3.30. The first kappa shape index (κ1) is 19.8. The molecule has 25 heavy (non-hydrogen) atoms. The molecule has 0 fully saturated rings. The van der Waals surface area contributed by atoms with Crippen molar-refractivity contribution in [2.24, 2.45) is 0 Å². The molecule has 0 aliphatic rings. The number of hydrogen-bond acceptors (Lipinski definition) is 4. The molecule has 0 radical (unpaired) electrons. The molecule has 0 spiro atoms. The molecule has 0 saturated heterocycles. The monoisotopic (exact) mass is 400 g/mol. The van der Waals surface area contributed by atoms with Gasteiger partial charge in [0.15, 0.2) is 0 Å². The van der Waals surface area contributed by atoms with Crippen molar-refractivity contribution in [2.45, 2.75) is 13.5 Å². The maximum absolute atomic E-state index is 12.8. The van der Waals surface area contributed by atoms with Gasteiger partial charge in [0.05, 0.1) is 22.4 Å². The maximum Gasteiger partial charge on any atom is 0.234 e. The van der Waals surface area contributed by atoms with E-state index in [1.165, 1.54) is 47.4 Å². The van der Waals surface area contributed by atoms with Crippen LogP contribution in [-0.2, 0) is 16.1 Å². The topological polar surface area (TPSA) is 49.4 Å². The molecule has 1 aromatic carbocycles. The van der Waals surface area contributed by atoms with Crippen LogP contribution in [0.5, 0.6) is 0 Å². The van der Waals surface area contributed by atoms with Gasteiger partial charge in [0.1, 0.15) is 5.82 Å². The highest BCUT2D eigenvalue weighted by atomic mass is 35.5. The van der Waals surface area contributed by atoms with Crippen molar-refractivity contribution >= 4 is 52.2 Å². The average molecular weight is 401 g/mol. The van der Waals surface area contributed by atoms with E-state index >= 15 is 0 Å². The van der Waals surface area contributed by atoms with Crippen molar-refractivity contribution in [3.8, 4) is 0 Å². The number of nitrogens with one attached hydrogen (secondary N) is 1. The van der Waals surface area contributed by atoms with Gasteiger partial charge < -0.3 is 10.2 Å². The molecule has 0 atom stereocenters. The molecule has 0 saturated carbocycles. The van der Waals surface area contributed by atoms with Crippen molar-refractivity contribution in [1.29, 1.82) is 0 Å². The van der Waals surface area contributed by atoms with Crippen molar-refractivity contribution in [3.05, 3.63) is 51.4 Å². The molecule has 134 valence electrons. The molecule has 1 N–H and O–H groups in total. The van der Waals surface area contributed by atoms with E-state index in [0.29, 0.717) is 23.1 Å². The summed E-state index contributed by atoms with van der Waals surface area (Å²) in [5, 5.41) is 2.66. The highest BCUT2D eigenvalue weighted by Gasteiger charge is 2.14. The van der Waals surface area contributed by atoms with Crippen LogP contribution < -0.4 is 5.32 Å². The van der Waals surface area contributed by atoms with Crippen LogP contribution in [0.15, 0.2) is 36.4 Å². The van der Waals surface area contributed by atoms with Crippen molar-refractivity contribution in [3.63, 3.8) is 0 Å². The maximum atomic E-state index is 12.8. The van der Waals surface area contributed by atoms with E-state index in [2.05, 4.69) is 5.32 Å². The highest BCUT2D eigenvalue weighted by Crippen LogP contribution is 2.23. The number of thioether (sulfide) groups is 1. The first-order valence-electron chi connectivity index (χ1n) is 7.63. The Labute approximate surface area is 159 Å². The molecule has 0 bridgehead atoms. The fourth-order valence-corrected chi connectivity index (χ4v) is 3.87. The van der Waals surface area contributed by atoms with Crippen LogP contribution in [-0.4, -0.2) is 34.8 Å². The minimum atomic E-state index is -0.357. The van der Waals surface area contributed by atoms with Gasteiger partial charge in [-0.2, -0.15) is 0 Å². The Bertz CT molecular complexity index is 722. The summed E-state index contributed by atoms with van der Waals surface area (Å²) in [6.07, 6.45) is 0. The van der Waals surface area contributed by atoms with Gasteiger partial charge in [-0.25, -0.2) is 4.39 Å². The Hall–Kier alpha value is -1.57. The first-order chi connectivity index (χ1) is 12.0. The van der Waals surface area contributed by atoms with Crippen LogP contribution >= 0.6 is 34.7 Å². The predicted molar refractivity (Wildman–Crippen MR) is 103 cm³/mol. The summed E-state index contributed by atoms with van der Waals surface area (Å²) in [6, 6.07) is 9.27. The minimum absolute atomic E-state index is 0.0217. The molecular weight excluding hydrogens is 383 g/mol. The summed E-state index contributed by atoms with van der Waals surface area (Å²) in [7, 11) is 0. The Morgan fingerprint density at radius 3 is 2.52 bits per heavy atom. The number of halogens is 2. The van der Waals surface area contributed by atoms with Crippen LogP contribution in [0.25, 0.3) is 0 Å². The molecule has 4 nitrogen and oxygen atoms in total. The fraction of sp³-hybridized carbons (Fsp3) is 0.294. The van der Waals surface area contributed by atoms with Crippen LogP contribution in [0, 0.1) is 5.82 Å². The molecule has 0 unspecified atom stereocenters. The van der Waals surface area contributed by atoms with Gasteiger partial charge in [0, 0.05) is 17.1 Å². The molecule has 0 aliphatic carbocycles. The number of carbonyl (C=O) groups excluding carboxylic acids is 2. The van der Waals surface area contributed by atoms with E-state index in [9.17, 15) is 14.0 Å². The molecule has 0 aliphatic heterocycles. The Balaban J connectivity index is 1.74. The predicted octanol–water partition coefficient (Wildman–Crippen LogP) is 4.26. The normalized spacial score (nSPS) is 10.5. The number of carbonyl (C=O) groups is 2. The smallest absolute Gasteiger partial charge is 0.234 e. The third-order valence-corrected chi connectivity index (χ3v) is 5.43. The van der Waals surface area contributed by atoms with Crippen molar-refractivity contribution in [2.75, 3.05) is 23.4 Å². The second kappa shape index (κ2) is 9.79. The summed E-state index contributed by atoms with van der Waals surface area (Å²) in [5.41, 5.74) is 0.531. The van der Waals surface area contributed by atoms with Crippen molar-refractivity contribution < 1.29 is 14.0 Å². The molecule has 1 aromatic heterocycles. The fourth-order valence-electron chi connectivity index (χ4n) is 2.05. The lowest BCUT2D eigenvalue weighted by Gasteiger charge is -2.19. The summed E-state index contributed by atoms with van der Waals surface area (Å²) in [5.74, 6) is -0.219. The zero-order valence-electron chi connectivity index (χ0n) is 13.6. The van der Waals surface area contributed by atoms with Gasteiger partial charge in [-0.05, 0) is 43.3 Å². The number of benzene rings is 1. The second-order valence-corrected chi connectivity index (χ2v) is 7.95. The second-order valence-electron chi connectivity index (χ2n) is 5.16. The summed E-state index contributed by atoms with van der Waals surface area (Å²) in [4.78, 5) is 26.9. The van der Waals surface area contributed by atoms with E-state index in [0.717, 1.165) is 4.88 Å². The Morgan fingerprint density at radius 1 is 1.20 bits per heavy atom. The lowest BCUT2D eigenvalue weighted by Crippen LogP contribution is -2.31. The highest BCUT2D eigenvalue weighted by molar-refractivity contribution is 8.00. The van der Waals surface area contributed by atoms with Crippen LogP contribution in [0.4, 0.5) is 10.1 Å². The molecular formula is C17H18ClFN2O2S2. The van der Waals surface area contributed by atoms with Crippen molar-refractivity contribution in [1.82, 2.24) is 4.90 Å². The first-order valence-corrected chi connectivity index (χ1v) is 9.98. The Kier molecular flexibility index (Phi) is 7.74. The van der Waals surface area contributed by atoms with Crippen LogP contribution in [0.2, 0.25) is 4.34 Å². The van der Waals surface area contributed by atoms with Gasteiger partial charge in [0.2, 0.25) is 11.8 Å². The van der Waals surface area contributed by atoms with Gasteiger partial charge in [0.25, 0.3) is 0 Å². The lowest BCUT2D eigenvalue weighted by molar-refractivity contribution is -0.128. The van der Waals surface area contributed by atoms with E-state index in [4.69, 9.17) is 11.6 Å². The summed E-state index contributed by atoms with van der Waals surface area (Å²) in [6.45, 7) is 3.03. The zero-order chi connectivity index (χ0) is 18.2. The van der Waals surface area contributed by atoms with E-state index in [1.807, 2.05) is 19.1 Å². The molecule has 2 rings (SSSR count). The van der Waals surface area contributed by atoms with Crippen LogP contribution in [0.1, 0.15) is 11.8 Å². The van der Waals surface area contributed by atoms with Gasteiger partial charge in [-0.1, -0.05) is 11.6 Å². The number of hydrogen-bond donors (Lipinski definition) is 1. The summed E-state index contributed by atoms with van der Waals surface area (Å²) >= 11 is 8.61. The molecule has 8 heteroatoms. The number of rotatable bonds is 8. The average Bonchev–Trinajstić information content (AvgIpc) is 2.99. The third kappa shape index (κ3) is 6.68. The standard InChI is InChI=1S/C17H18ClFN2O2S2/c1-2-21(9-14-7-8-15(18)25-14)17(23)11-24-10-16(22)20-13-5-3-12(19)4-6-13/h3-8H,2,9-11H2,1H3,(H,20,22). The molecule has 2 aromatic rings. The van der Waals surface area contributed by atoms with Gasteiger partial charge in [-0.15, -0.1) is 23.1 Å². The number of amides is 2. The lowest BCUT2D eigenvalue weighted by atomic mass is 10.3. The quantitative estimate of drug-likeness (QED) is 0.720. The van der Waals surface area contributed by atoms with E-state index < -0.39 is 0 Å². The zero-order valence-corrected chi connectivity index (χ0v) is 16.0. The number of anilines is 1.